The Balaban J connectivity index is 1.20. The Labute approximate surface area is 297 Å². The van der Waals surface area contributed by atoms with Crippen LogP contribution in [0.1, 0.15) is 37.2 Å². The van der Waals surface area contributed by atoms with E-state index in [1.165, 1.54) is 40.0 Å². The number of benzene rings is 4. The monoisotopic (exact) mass is 700 g/mol. The number of thiazole rings is 1. The van der Waals surface area contributed by atoms with Crippen LogP contribution < -0.4 is 16.0 Å². The minimum atomic E-state index is -0.599. The zero-order valence-electron chi connectivity index (χ0n) is 26.7. The molecule has 49 heavy (non-hydrogen) atoms. The van der Waals surface area contributed by atoms with Crippen molar-refractivity contribution in [2.75, 3.05) is 10.6 Å². The summed E-state index contributed by atoms with van der Waals surface area (Å²) in [6.07, 6.45) is 1.64. The number of nitrogens with zero attached hydrogens (tertiary/aromatic N) is 1. The maximum Gasteiger partial charge on any atom is 0.272 e. The summed E-state index contributed by atoms with van der Waals surface area (Å²) in [6.45, 7) is 4.04. The molecule has 7 nitrogen and oxygen atoms in total. The lowest BCUT2D eigenvalue weighted by molar-refractivity contribution is -0.116. The number of amides is 3. The standard InChI is InChI=1S/C39H32N4O3S3/c1-25-16-18-28(19-17-25)34-26(2)48-39(42-34)43-38(46)35(29-10-5-3-6-11-29)49-32-15-9-14-31(23-32)40-37(45)33(22-27-20-21-47-24-27)41-36(44)30-12-7-4-8-13-30/h3-24,35H,1-2H3,(H,40,45)(H,41,44)(H,42,43,46)/b33-22-. The predicted octanol–water partition coefficient (Wildman–Crippen LogP) is 9.37. The molecule has 0 saturated carbocycles. The number of aryl methyl sites for hydroxylation is 2. The van der Waals surface area contributed by atoms with Crippen LogP contribution in [0.15, 0.2) is 137 Å². The van der Waals surface area contributed by atoms with Crippen molar-refractivity contribution >= 4 is 69.1 Å². The zero-order valence-corrected chi connectivity index (χ0v) is 29.1. The molecule has 1 unspecified atom stereocenters. The van der Waals surface area contributed by atoms with Crippen molar-refractivity contribution < 1.29 is 14.4 Å². The molecule has 6 rings (SSSR count). The van der Waals surface area contributed by atoms with Gasteiger partial charge in [-0.05, 0) is 78.2 Å². The molecule has 2 heterocycles. The van der Waals surface area contributed by atoms with E-state index in [2.05, 4.69) is 16.0 Å². The second-order valence-corrected chi connectivity index (χ2v) is 14.3. The van der Waals surface area contributed by atoms with Crippen LogP contribution in [0.4, 0.5) is 10.8 Å². The molecule has 0 fully saturated rings. The Morgan fingerprint density at radius 1 is 0.816 bits per heavy atom. The lowest BCUT2D eigenvalue weighted by atomic mass is 10.1. The minimum absolute atomic E-state index is 0.107. The van der Waals surface area contributed by atoms with E-state index in [-0.39, 0.29) is 17.5 Å². The highest BCUT2D eigenvalue weighted by atomic mass is 32.2. The zero-order chi connectivity index (χ0) is 34.2. The molecule has 6 aromatic rings. The highest BCUT2D eigenvalue weighted by Crippen LogP contribution is 2.38. The van der Waals surface area contributed by atoms with E-state index in [1.807, 2.05) is 110 Å². The van der Waals surface area contributed by atoms with E-state index in [9.17, 15) is 14.4 Å². The van der Waals surface area contributed by atoms with Gasteiger partial charge in [-0.3, -0.25) is 14.4 Å². The first kappa shape index (κ1) is 33.6. The summed E-state index contributed by atoms with van der Waals surface area (Å²) < 4.78 is 0. The lowest BCUT2D eigenvalue weighted by Gasteiger charge is -2.17. The van der Waals surface area contributed by atoms with Gasteiger partial charge in [0.15, 0.2) is 5.13 Å². The normalized spacial score (nSPS) is 11.8. The van der Waals surface area contributed by atoms with Gasteiger partial charge < -0.3 is 16.0 Å². The van der Waals surface area contributed by atoms with Gasteiger partial charge >= 0.3 is 0 Å². The molecule has 4 aromatic carbocycles. The summed E-state index contributed by atoms with van der Waals surface area (Å²) in [6, 6.07) is 35.6. The highest BCUT2D eigenvalue weighted by Gasteiger charge is 2.24. The summed E-state index contributed by atoms with van der Waals surface area (Å²) in [5, 5.41) is 12.5. The molecule has 10 heteroatoms. The lowest BCUT2D eigenvalue weighted by Crippen LogP contribution is -2.30. The van der Waals surface area contributed by atoms with Crippen LogP contribution in [0.3, 0.4) is 0 Å². The van der Waals surface area contributed by atoms with Crippen molar-refractivity contribution in [3.8, 4) is 11.3 Å². The quantitative estimate of drug-likeness (QED) is 0.0924. The molecular weight excluding hydrogens is 669 g/mol. The number of rotatable bonds is 11. The summed E-state index contributed by atoms with van der Waals surface area (Å²) >= 11 is 4.31. The maximum absolute atomic E-state index is 13.9. The van der Waals surface area contributed by atoms with Gasteiger partial charge in [0.05, 0.1) is 5.69 Å². The summed E-state index contributed by atoms with van der Waals surface area (Å²) in [4.78, 5) is 46.9. The van der Waals surface area contributed by atoms with Crippen LogP contribution in [-0.4, -0.2) is 22.7 Å². The molecule has 1 atom stereocenters. The highest BCUT2D eigenvalue weighted by molar-refractivity contribution is 8.00. The number of aromatic nitrogens is 1. The van der Waals surface area contributed by atoms with Gasteiger partial charge in [-0.25, -0.2) is 4.98 Å². The van der Waals surface area contributed by atoms with Gasteiger partial charge in [0.2, 0.25) is 5.91 Å². The average Bonchev–Trinajstić information content (AvgIpc) is 3.77. The van der Waals surface area contributed by atoms with Crippen LogP contribution in [0.25, 0.3) is 17.3 Å². The summed E-state index contributed by atoms with van der Waals surface area (Å²) in [7, 11) is 0. The molecule has 0 saturated heterocycles. The predicted molar refractivity (Wildman–Crippen MR) is 202 cm³/mol. The molecule has 0 spiro atoms. The number of nitrogens with one attached hydrogen (secondary N) is 3. The van der Waals surface area contributed by atoms with Gasteiger partial charge in [-0.15, -0.1) is 23.1 Å². The van der Waals surface area contributed by atoms with Gasteiger partial charge in [-0.2, -0.15) is 11.3 Å². The topological polar surface area (TPSA) is 100 Å². The van der Waals surface area contributed by atoms with E-state index in [1.54, 1.807) is 36.4 Å². The number of anilines is 2. The third kappa shape index (κ3) is 8.80. The number of thiophene rings is 1. The number of thioether (sulfide) groups is 1. The minimum Gasteiger partial charge on any atom is -0.321 e. The largest absolute Gasteiger partial charge is 0.321 e. The van der Waals surface area contributed by atoms with E-state index >= 15 is 0 Å². The Morgan fingerprint density at radius 2 is 1.55 bits per heavy atom. The van der Waals surface area contributed by atoms with Crippen molar-refractivity contribution in [2.24, 2.45) is 0 Å². The van der Waals surface area contributed by atoms with Crippen LogP contribution >= 0.6 is 34.4 Å². The molecule has 0 aliphatic carbocycles. The van der Waals surface area contributed by atoms with Crippen molar-refractivity contribution in [1.82, 2.24) is 10.3 Å². The van der Waals surface area contributed by atoms with Gasteiger partial charge in [-0.1, -0.05) is 84.4 Å². The first-order valence-electron chi connectivity index (χ1n) is 15.4. The molecule has 0 bridgehead atoms. The number of carbonyl (C=O) groups is 3. The third-order valence-corrected chi connectivity index (χ3v) is 10.3. The van der Waals surface area contributed by atoms with Crippen molar-refractivity contribution in [1.29, 1.82) is 0 Å². The van der Waals surface area contributed by atoms with E-state index in [0.29, 0.717) is 16.4 Å². The molecule has 0 aliphatic heterocycles. The fourth-order valence-corrected chi connectivity index (χ4v) is 7.49. The van der Waals surface area contributed by atoms with Crippen molar-refractivity contribution in [2.45, 2.75) is 24.0 Å². The average molecular weight is 701 g/mol. The van der Waals surface area contributed by atoms with Crippen LogP contribution in [0, 0.1) is 13.8 Å². The molecule has 0 radical (unpaired) electrons. The summed E-state index contributed by atoms with van der Waals surface area (Å²) in [5.74, 6) is -1.07. The van der Waals surface area contributed by atoms with Crippen molar-refractivity contribution in [3.05, 3.63) is 159 Å². The van der Waals surface area contributed by atoms with Gasteiger partial charge in [0, 0.05) is 26.6 Å². The van der Waals surface area contributed by atoms with Gasteiger partial charge in [0.25, 0.3) is 11.8 Å². The molecule has 244 valence electrons. The van der Waals surface area contributed by atoms with Crippen LogP contribution in [-0.2, 0) is 9.59 Å². The number of hydrogen-bond donors (Lipinski definition) is 3. The number of carbonyl (C=O) groups excluding carboxylic acids is 3. The Kier molecular flexibility index (Phi) is 10.8. The van der Waals surface area contributed by atoms with E-state index < -0.39 is 11.2 Å². The Hall–Kier alpha value is -5.29. The molecule has 3 amide bonds. The Bertz CT molecular complexity index is 2090. The Morgan fingerprint density at radius 3 is 2.27 bits per heavy atom. The maximum atomic E-state index is 13.9. The molecule has 3 N–H and O–H groups in total. The summed E-state index contributed by atoms with van der Waals surface area (Å²) in [5.41, 5.74) is 5.71. The third-order valence-electron chi connectivity index (χ3n) is 7.42. The van der Waals surface area contributed by atoms with Crippen LogP contribution in [0.2, 0.25) is 0 Å². The first-order valence-corrected chi connectivity index (χ1v) is 18.0. The second-order valence-electron chi connectivity index (χ2n) is 11.1. The van der Waals surface area contributed by atoms with E-state index in [4.69, 9.17) is 4.98 Å². The SMILES string of the molecule is Cc1ccc(-c2nc(NC(=O)C(Sc3cccc(NC(=O)/C(=C/c4ccsc4)NC(=O)c4ccccc4)c3)c3ccccc3)sc2C)cc1. The second kappa shape index (κ2) is 15.7. The van der Waals surface area contributed by atoms with E-state index in [0.717, 1.165) is 32.2 Å². The van der Waals surface area contributed by atoms with Gasteiger partial charge in [0.1, 0.15) is 10.9 Å². The fraction of sp³-hybridized carbons (Fsp3) is 0.0769. The first-order chi connectivity index (χ1) is 23.8. The number of hydrogen-bond acceptors (Lipinski definition) is 7. The van der Waals surface area contributed by atoms with Crippen LogP contribution in [0.5, 0.6) is 0 Å². The molecule has 2 aromatic heterocycles. The van der Waals surface area contributed by atoms with Crippen molar-refractivity contribution in [3.63, 3.8) is 0 Å². The molecular formula is C39H32N4O3S3. The fourth-order valence-electron chi connectivity index (χ4n) is 4.95. The molecule has 0 aliphatic rings. The smallest absolute Gasteiger partial charge is 0.272 e.